The third-order valence-corrected chi connectivity index (χ3v) is 4.55. The van der Waals surface area contributed by atoms with Crippen molar-refractivity contribution in [2.45, 2.75) is 45.7 Å². The number of amides is 1. The lowest BCUT2D eigenvalue weighted by atomic mass is 10.0. The van der Waals surface area contributed by atoms with Crippen molar-refractivity contribution in [2.75, 3.05) is 6.54 Å². The van der Waals surface area contributed by atoms with E-state index in [0.29, 0.717) is 18.8 Å². The fraction of sp³-hybridized carbons (Fsp3) is 0.529. The highest BCUT2D eigenvalue weighted by atomic mass is 16.2. The maximum atomic E-state index is 12.9. The molecule has 1 amide bonds. The van der Waals surface area contributed by atoms with E-state index < -0.39 is 0 Å². The lowest BCUT2D eigenvalue weighted by Crippen LogP contribution is -2.46. The fourth-order valence-electron chi connectivity index (χ4n) is 3.28. The van der Waals surface area contributed by atoms with Gasteiger partial charge >= 0.3 is 0 Å². The molecule has 0 radical (unpaired) electrons. The molecule has 0 bridgehead atoms. The maximum absolute atomic E-state index is 12.9. The van der Waals surface area contributed by atoms with Crippen molar-refractivity contribution in [2.24, 2.45) is 7.05 Å². The zero-order valence-electron chi connectivity index (χ0n) is 14.4. The van der Waals surface area contributed by atoms with E-state index >= 15 is 0 Å². The Hall–Kier alpha value is -2.44. The molecule has 1 saturated heterocycles. The van der Waals surface area contributed by atoms with Crippen LogP contribution in [0.5, 0.6) is 0 Å². The molecule has 0 spiro atoms. The molecule has 0 aliphatic carbocycles. The van der Waals surface area contributed by atoms with Crippen LogP contribution in [0.1, 0.15) is 41.1 Å². The van der Waals surface area contributed by atoms with E-state index in [1.165, 1.54) is 16.8 Å². The number of hydrogen-bond donors (Lipinski definition) is 0. The van der Waals surface area contributed by atoms with E-state index in [9.17, 15) is 9.59 Å². The van der Waals surface area contributed by atoms with Gasteiger partial charge in [0.15, 0.2) is 0 Å². The van der Waals surface area contributed by atoms with Gasteiger partial charge in [0.2, 0.25) is 0 Å². The molecule has 128 valence electrons. The summed E-state index contributed by atoms with van der Waals surface area (Å²) in [5.74, 6) is -0.114. The highest BCUT2D eigenvalue weighted by Crippen LogP contribution is 2.21. The molecule has 3 rings (SSSR count). The minimum atomic E-state index is -0.218. The SMILES string of the molecule is Cc1cc(C)n(C[C@@H]2CCCCN2C(=O)c2ccc(=O)n(C)n2)n1. The largest absolute Gasteiger partial charge is 0.332 e. The minimum Gasteiger partial charge on any atom is -0.332 e. The van der Waals surface area contributed by atoms with Crippen molar-refractivity contribution < 1.29 is 4.79 Å². The summed E-state index contributed by atoms with van der Waals surface area (Å²) in [7, 11) is 1.56. The quantitative estimate of drug-likeness (QED) is 0.850. The Bertz CT molecular complexity index is 808. The number of carbonyl (C=O) groups is 1. The molecule has 1 fully saturated rings. The van der Waals surface area contributed by atoms with Crippen LogP contribution in [0.4, 0.5) is 0 Å². The van der Waals surface area contributed by atoms with Crippen LogP contribution < -0.4 is 5.56 Å². The van der Waals surface area contributed by atoms with Crippen LogP contribution in [0.15, 0.2) is 23.0 Å². The van der Waals surface area contributed by atoms with Gasteiger partial charge in [0.25, 0.3) is 11.5 Å². The van der Waals surface area contributed by atoms with Crippen molar-refractivity contribution in [1.82, 2.24) is 24.5 Å². The fourth-order valence-corrected chi connectivity index (χ4v) is 3.28. The zero-order valence-corrected chi connectivity index (χ0v) is 14.4. The average Bonchev–Trinajstić information content (AvgIpc) is 2.87. The maximum Gasteiger partial charge on any atom is 0.274 e. The van der Waals surface area contributed by atoms with Gasteiger partial charge in [-0.15, -0.1) is 0 Å². The van der Waals surface area contributed by atoms with E-state index in [1.54, 1.807) is 7.05 Å². The summed E-state index contributed by atoms with van der Waals surface area (Å²) in [6.45, 7) is 5.41. The molecular formula is C17H23N5O2. The highest BCUT2D eigenvalue weighted by molar-refractivity contribution is 5.92. The molecule has 1 aliphatic rings. The first kappa shape index (κ1) is 16.4. The van der Waals surface area contributed by atoms with Gasteiger partial charge < -0.3 is 4.90 Å². The van der Waals surface area contributed by atoms with Crippen LogP contribution in [0, 0.1) is 13.8 Å². The lowest BCUT2D eigenvalue weighted by molar-refractivity contribution is 0.0574. The summed E-state index contributed by atoms with van der Waals surface area (Å²) >= 11 is 0. The van der Waals surface area contributed by atoms with Crippen LogP contribution in [0.25, 0.3) is 0 Å². The number of aryl methyl sites for hydroxylation is 3. The highest BCUT2D eigenvalue weighted by Gasteiger charge is 2.29. The number of nitrogens with zero attached hydrogens (tertiary/aromatic N) is 5. The molecular weight excluding hydrogens is 306 g/mol. The molecule has 1 aliphatic heterocycles. The van der Waals surface area contributed by atoms with Crippen LogP contribution in [0.2, 0.25) is 0 Å². The predicted octanol–water partition coefficient (Wildman–Crippen LogP) is 1.29. The van der Waals surface area contributed by atoms with Crippen molar-refractivity contribution in [3.63, 3.8) is 0 Å². The van der Waals surface area contributed by atoms with Crippen molar-refractivity contribution in [3.8, 4) is 0 Å². The smallest absolute Gasteiger partial charge is 0.274 e. The Kier molecular flexibility index (Phi) is 4.51. The van der Waals surface area contributed by atoms with Crippen molar-refractivity contribution in [3.05, 3.63) is 45.6 Å². The number of likely N-dealkylation sites (tertiary alicyclic amines) is 1. The Morgan fingerprint density at radius 1 is 1.25 bits per heavy atom. The van der Waals surface area contributed by atoms with Gasteiger partial charge in [-0.3, -0.25) is 14.3 Å². The third kappa shape index (κ3) is 3.25. The van der Waals surface area contributed by atoms with Crippen molar-refractivity contribution >= 4 is 5.91 Å². The second-order valence-electron chi connectivity index (χ2n) is 6.44. The van der Waals surface area contributed by atoms with E-state index in [1.807, 2.05) is 29.5 Å². The Labute approximate surface area is 140 Å². The van der Waals surface area contributed by atoms with Gasteiger partial charge in [-0.1, -0.05) is 0 Å². The molecule has 1 atom stereocenters. The molecule has 0 unspecified atom stereocenters. The standard InChI is InChI=1S/C17H23N5O2/c1-12-10-13(2)22(18-12)11-14-6-4-5-9-21(14)17(24)15-7-8-16(23)20(3)19-15/h7-8,10,14H,4-6,9,11H2,1-3H3/t14-/m0/s1. The van der Waals surface area contributed by atoms with E-state index in [-0.39, 0.29) is 17.5 Å². The third-order valence-electron chi connectivity index (χ3n) is 4.55. The number of hydrogen-bond acceptors (Lipinski definition) is 4. The zero-order chi connectivity index (χ0) is 17.3. The molecule has 24 heavy (non-hydrogen) atoms. The second-order valence-corrected chi connectivity index (χ2v) is 6.44. The number of carbonyl (C=O) groups excluding carboxylic acids is 1. The minimum absolute atomic E-state index is 0.100. The van der Waals surface area contributed by atoms with Gasteiger partial charge in [0, 0.05) is 25.4 Å². The Balaban J connectivity index is 1.83. The topological polar surface area (TPSA) is 73.0 Å². The van der Waals surface area contributed by atoms with Gasteiger partial charge in [-0.05, 0) is 45.2 Å². The summed E-state index contributed by atoms with van der Waals surface area (Å²) in [5, 5.41) is 8.62. The first-order valence-corrected chi connectivity index (χ1v) is 8.32. The number of rotatable bonds is 3. The molecule has 7 heteroatoms. The van der Waals surface area contributed by atoms with Crippen LogP contribution in [0.3, 0.4) is 0 Å². The molecule has 7 nitrogen and oxygen atoms in total. The van der Waals surface area contributed by atoms with Gasteiger partial charge in [-0.2, -0.15) is 10.2 Å². The summed E-state index contributed by atoms with van der Waals surface area (Å²) < 4.78 is 3.17. The van der Waals surface area contributed by atoms with E-state index in [0.717, 1.165) is 30.7 Å². The monoisotopic (exact) mass is 329 g/mol. The van der Waals surface area contributed by atoms with Gasteiger partial charge in [-0.25, -0.2) is 4.68 Å². The molecule has 2 aromatic rings. The number of piperidine rings is 1. The van der Waals surface area contributed by atoms with Gasteiger partial charge in [0.1, 0.15) is 5.69 Å². The predicted molar refractivity (Wildman–Crippen MR) is 89.9 cm³/mol. The first-order chi connectivity index (χ1) is 11.5. The molecule has 0 saturated carbocycles. The Morgan fingerprint density at radius 3 is 2.71 bits per heavy atom. The van der Waals surface area contributed by atoms with Crippen LogP contribution in [-0.4, -0.2) is 43.0 Å². The summed E-state index contributed by atoms with van der Waals surface area (Å²) in [5.41, 5.74) is 2.19. The van der Waals surface area contributed by atoms with E-state index in [2.05, 4.69) is 10.2 Å². The van der Waals surface area contributed by atoms with Crippen LogP contribution >= 0.6 is 0 Å². The summed E-state index contributed by atoms with van der Waals surface area (Å²) in [6.07, 6.45) is 3.05. The normalized spacial score (nSPS) is 18.0. The summed E-state index contributed by atoms with van der Waals surface area (Å²) in [4.78, 5) is 26.2. The summed E-state index contributed by atoms with van der Waals surface area (Å²) in [6, 6.07) is 5.05. The molecule has 3 heterocycles. The lowest BCUT2D eigenvalue weighted by Gasteiger charge is -2.35. The first-order valence-electron chi connectivity index (χ1n) is 8.32. The van der Waals surface area contributed by atoms with Gasteiger partial charge in [0.05, 0.1) is 18.3 Å². The van der Waals surface area contributed by atoms with E-state index in [4.69, 9.17) is 0 Å². The second kappa shape index (κ2) is 6.59. The Morgan fingerprint density at radius 2 is 2.04 bits per heavy atom. The molecule has 0 aromatic carbocycles. The molecule has 2 aromatic heterocycles. The average molecular weight is 329 g/mol. The van der Waals surface area contributed by atoms with Crippen molar-refractivity contribution in [1.29, 1.82) is 0 Å². The molecule has 0 N–H and O–H groups in total. The number of aromatic nitrogens is 4. The van der Waals surface area contributed by atoms with Crippen LogP contribution in [-0.2, 0) is 13.6 Å².